The van der Waals surface area contributed by atoms with E-state index in [1.807, 2.05) is 26.0 Å². The largest absolute Gasteiger partial charge is 0.493 e. The number of aryl methyl sites for hydroxylation is 1. The van der Waals surface area contributed by atoms with Crippen LogP contribution in [0.2, 0.25) is 0 Å². The molecule has 1 N–H and O–H groups in total. The highest BCUT2D eigenvalue weighted by Crippen LogP contribution is 2.34. The second-order valence-electron chi connectivity index (χ2n) is 6.02. The number of ether oxygens (including phenoxy) is 3. The first kappa shape index (κ1) is 21.6. The smallest absolute Gasteiger partial charge is 0.338 e. The summed E-state index contributed by atoms with van der Waals surface area (Å²) < 4.78 is 15.6. The van der Waals surface area contributed by atoms with Crippen LogP contribution >= 0.6 is 11.8 Å². The van der Waals surface area contributed by atoms with Gasteiger partial charge in [0.05, 0.1) is 31.6 Å². The first-order chi connectivity index (χ1) is 13.4. The highest BCUT2D eigenvalue weighted by molar-refractivity contribution is 8.00. The van der Waals surface area contributed by atoms with Crippen LogP contribution in [0.1, 0.15) is 29.8 Å². The second-order valence-corrected chi connectivity index (χ2v) is 7.43. The molecule has 28 heavy (non-hydrogen) atoms. The standard InChI is InChI=1S/C21H25NO5S/c1-6-27-21(24)15-8-7-13(2)17(11-15)22-20(23)14(3)28-16-9-10-18(25-4)19(12-16)26-5/h7-12,14H,6H2,1-5H3,(H,22,23)/t14-/m0/s1. The number of carbonyl (C=O) groups excluding carboxylic acids is 2. The molecule has 2 aromatic carbocycles. The van der Waals surface area contributed by atoms with Gasteiger partial charge in [0.2, 0.25) is 5.91 Å². The third kappa shape index (κ3) is 5.42. The van der Waals surface area contributed by atoms with Gasteiger partial charge < -0.3 is 19.5 Å². The van der Waals surface area contributed by atoms with Crippen LogP contribution < -0.4 is 14.8 Å². The predicted molar refractivity (Wildman–Crippen MR) is 111 cm³/mol. The van der Waals surface area contributed by atoms with Gasteiger partial charge in [0, 0.05) is 10.6 Å². The molecular weight excluding hydrogens is 378 g/mol. The number of rotatable bonds is 8. The second kappa shape index (κ2) is 10.0. The SMILES string of the molecule is CCOC(=O)c1ccc(C)c(NC(=O)[C@H](C)Sc2ccc(OC)c(OC)c2)c1. The van der Waals surface area contributed by atoms with Crippen molar-refractivity contribution in [1.82, 2.24) is 0 Å². The van der Waals surface area contributed by atoms with Gasteiger partial charge in [0.15, 0.2) is 11.5 Å². The predicted octanol–water partition coefficient (Wildman–Crippen LogP) is 4.31. The number of carbonyl (C=O) groups is 2. The average molecular weight is 404 g/mol. The number of esters is 1. The van der Waals surface area contributed by atoms with Crippen LogP contribution in [0.25, 0.3) is 0 Å². The van der Waals surface area contributed by atoms with Gasteiger partial charge in [-0.05, 0) is 56.7 Å². The van der Waals surface area contributed by atoms with Gasteiger partial charge in [0.25, 0.3) is 0 Å². The van der Waals surface area contributed by atoms with Gasteiger partial charge in [-0.1, -0.05) is 6.07 Å². The first-order valence-electron chi connectivity index (χ1n) is 8.86. The van der Waals surface area contributed by atoms with E-state index < -0.39 is 5.97 Å². The molecule has 0 fully saturated rings. The van der Waals surface area contributed by atoms with Crippen molar-refractivity contribution in [1.29, 1.82) is 0 Å². The molecule has 0 unspecified atom stereocenters. The number of thioether (sulfide) groups is 1. The zero-order valence-corrected chi connectivity index (χ0v) is 17.5. The Morgan fingerprint density at radius 2 is 1.79 bits per heavy atom. The lowest BCUT2D eigenvalue weighted by Crippen LogP contribution is -2.23. The molecule has 0 bridgehead atoms. The van der Waals surface area contributed by atoms with Gasteiger partial charge in [0.1, 0.15) is 0 Å². The van der Waals surface area contributed by atoms with E-state index in [2.05, 4.69) is 5.32 Å². The summed E-state index contributed by atoms with van der Waals surface area (Å²) in [6, 6.07) is 10.6. The van der Waals surface area contributed by atoms with Gasteiger partial charge in [-0.3, -0.25) is 4.79 Å². The van der Waals surface area contributed by atoms with Gasteiger partial charge in [-0.2, -0.15) is 0 Å². The van der Waals surface area contributed by atoms with Crippen molar-refractivity contribution in [3.05, 3.63) is 47.5 Å². The van der Waals surface area contributed by atoms with Crippen LogP contribution in [-0.4, -0.2) is 38.0 Å². The van der Waals surface area contributed by atoms with Crippen molar-refractivity contribution >= 4 is 29.3 Å². The van der Waals surface area contributed by atoms with Crippen LogP contribution in [-0.2, 0) is 9.53 Å². The third-order valence-electron chi connectivity index (χ3n) is 4.04. The maximum Gasteiger partial charge on any atom is 0.338 e. The highest BCUT2D eigenvalue weighted by atomic mass is 32.2. The minimum absolute atomic E-state index is 0.163. The Kier molecular flexibility index (Phi) is 7.75. The molecule has 2 aromatic rings. The molecule has 1 atom stereocenters. The van der Waals surface area contributed by atoms with Crippen LogP contribution in [0.3, 0.4) is 0 Å². The molecule has 0 aliphatic carbocycles. The van der Waals surface area contributed by atoms with Crippen LogP contribution in [0, 0.1) is 6.92 Å². The van der Waals surface area contributed by atoms with Gasteiger partial charge >= 0.3 is 5.97 Å². The molecule has 0 radical (unpaired) electrons. The van der Waals surface area contributed by atoms with Crippen molar-refractivity contribution in [2.45, 2.75) is 30.9 Å². The molecule has 1 amide bonds. The van der Waals surface area contributed by atoms with Crippen molar-refractivity contribution in [3.63, 3.8) is 0 Å². The Morgan fingerprint density at radius 3 is 2.43 bits per heavy atom. The van der Waals surface area contributed by atoms with Crippen molar-refractivity contribution in [2.75, 3.05) is 26.1 Å². The fourth-order valence-corrected chi connectivity index (χ4v) is 3.38. The molecule has 0 saturated heterocycles. The van der Waals surface area contributed by atoms with Crippen molar-refractivity contribution < 1.29 is 23.8 Å². The Balaban J connectivity index is 2.10. The number of hydrogen-bond donors (Lipinski definition) is 1. The molecule has 0 heterocycles. The normalized spacial score (nSPS) is 11.5. The topological polar surface area (TPSA) is 73.9 Å². The number of anilines is 1. The van der Waals surface area contributed by atoms with Gasteiger partial charge in [-0.25, -0.2) is 4.79 Å². The van der Waals surface area contributed by atoms with E-state index in [0.29, 0.717) is 29.4 Å². The molecule has 7 heteroatoms. The van der Waals surface area contributed by atoms with Crippen LogP contribution in [0.5, 0.6) is 11.5 Å². The summed E-state index contributed by atoms with van der Waals surface area (Å²) in [4.78, 5) is 25.5. The van der Waals surface area contributed by atoms with E-state index in [1.54, 1.807) is 45.4 Å². The summed E-state index contributed by atoms with van der Waals surface area (Å²) in [5.41, 5.74) is 1.86. The van der Waals surface area contributed by atoms with E-state index in [0.717, 1.165) is 10.5 Å². The van der Waals surface area contributed by atoms with E-state index in [1.165, 1.54) is 11.8 Å². The summed E-state index contributed by atoms with van der Waals surface area (Å²) in [6.07, 6.45) is 0. The van der Waals surface area contributed by atoms with Crippen LogP contribution in [0.4, 0.5) is 5.69 Å². The highest BCUT2D eigenvalue weighted by Gasteiger charge is 2.18. The fraction of sp³-hybridized carbons (Fsp3) is 0.333. The minimum atomic E-state index is -0.411. The average Bonchev–Trinajstić information content (AvgIpc) is 2.69. The number of benzene rings is 2. The molecular formula is C21H25NO5S. The summed E-state index contributed by atoms with van der Waals surface area (Å²) in [7, 11) is 3.15. The third-order valence-corrected chi connectivity index (χ3v) is 5.14. The van der Waals surface area contributed by atoms with E-state index in [4.69, 9.17) is 14.2 Å². The molecule has 2 rings (SSSR count). The van der Waals surface area contributed by atoms with Crippen molar-refractivity contribution in [3.8, 4) is 11.5 Å². The maximum absolute atomic E-state index is 12.6. The summed E-state index contributed by atoms with van der Waals surface area (Å²) in [5.74, 6) is 0.670. The number of hydrogen-bond acceptors (Lipinski definition) is 6. The van der Waals surface area contributed by atoms with E-state index >= 15 is 0 Å². The lowest BCUT2D eigenvalue weighted by atomic mass is 10.1. The molecule has 150 valence electrons. The lowest BCUT2D eigenvalue weighted by Gasteiger charge is -2.15. The Labute approximate surface area is 169 Å². The maximum atomic E-state index is 12.6. The molecule has 0 aliphatic heterocycles. The summed E-state index contributed by atoms with van der Waals surface area (Å²) >= 11 is 1.40. The zero-order chi connectivity index (χ0) is 20.7. The quantitative estimate of drug-likeness (QED) is 0.523. The first-order valence-corrected chi connectivity index (χ1v) is 9.74. The monoisotopic (exact) mass is 403 g/mol. The number of nitrogens with one attached hydrogen (secondary N) is 1. The lowest BCUT2D eigenvalue weighted by molar-refractivity contribution is -0.115. The minimum Gasteiger partial charge on any atom is -0.493 e. The summed E-state index contributed by atoms with van der Waals surface area (Å²) in [6.45, 7) is 5.74. The van der Waals surface area contributed by atoms with E-state index in [-0.39, 0.29) is 11.2 Å². The van der Waals surface area contributed by atoms with E-state index in [9.17, 15) is 9.59 Å². The van der Waals surface area contributed by atoms with Gasteiger partial charge in [-0.15, -0.1) is 11.8 Å². The Morgan fingerprint density at radius 1 is 1.07 bits per heavy atom. The number of methoxy groups -OCH3 is 2. The Bertz CT molecular complexity index is 853. The molecule has 0 aliphatic rings. The Hall–Kier alpha value is -2.67. The van der Waals surface area contributed by atoms with Crippen molar-refractivity contribution in [2.24, 2.45) is 0 Å². The molecule has 0 aromatic heterocycles. The van der Waals surface area contributed by atoms with Crippen LogP contribution in [0.15, 0.2) is 41.3 Å². The molecule has 0 spiro atoms. The summed E-state index contributed by atoms with van der Waals surface area (Å²) in [5, 5.41) is 2.54. The molecule has 0 saturated carbocycles. The molecule has 6 nitrogen and oxygen atoms in total. The fourth-order valence-electron chi connectivity index (χ4n) is 2.48. The number of amides is 1. The zero-order valence-electron chi connectivity index (χ0n) is 16.7.